The monoisotopic (exact) mass is 195 g/mol. The molecule has 3 fully saturated rings. The molecular weight excluding hydrogens is 174 g/mol. The van der Waals surface area contributed by atoms with Crippen LogP contribution in [0.4, 0.5) is 0 Å². The average molecular weight is 195 g/mol. The van der Waals surface area contributed by atoms with Crippen LogP contribution < -0.4 is 5.32 Å². The molecule has 2 aliphatic heterocycles. The maximum absolute atomic E-state index is 5.44. The predicted octanol–water partition coefficient (Wildman–Crippen LogP) is 1.80. The van der Waals surface area contributed by atoms with E-state index in [2.05, 4.69) is 5.32 Å². The van der Waals surface area contributed by atoms with Crippen molar-refractivity contribution in [3.05, 3.63) is 0 Å². The average Bonchev–Trinajstić information content (AvgIpc) is 2.63. The fourth-order valence-corrected chi connectivity index (χ4v) is 3.64. The van der Waals surface area contributed by atoms with Crippen molar-refractivity contribution in [3.63, 3.8) is 0 Å². The van der Waals surface area contributed by atoms with Gasteiger partial charge in [0.15, 0.2) is 0 Å². The van der Waals surface area contributed by atoms with Crippen LogP contribution in [0.2, 0.25) is 0 Å². The highest BCUT2D eigenvalue weighted by Crippen LogP contribution is 2.48. The number of nitrogens with one attached hydrogen (secondary N) is 1. The quantitative estimate of drug-likeness (QED) is 0.689. The third-order valence-corrected chi connectivity index (χ3v) is 4.67. The highest BCUT2D eigenvalue weighted by atomic mass is 16.5. The summed E-state index contributed by atoms with van der Waals surface area (Å²) in [6.07, 6.45) is 7.14. The van der Waals surface area contributed by atoms with Gasteiger partial charge in [-0.3, -0.25) is 0 Å². The maximum Gasteiger partial charge on any atom is 0.0468 e. The second-order valence-corrected chi connectivity index (χ2v) is 5.56. The van der Waals surface area contributed by atoms with Crippen LogP contribution in [-0.4, -0.2) is 26.3 Å². The Hall–Kier alpha value is -0.0800. The number of hydrogen-bond donors (Lipinski definition) is 1. The molecule has 2 nitrogen and oxygen atoms in total. The molecule has 2 heteroatoms. The molecule has 1 saturated carbocycles. The van der Waals surface area contributed by atoms with E-state index in [1.165, 1.54) is 45.2 Å². The van der Waals surface area contributed by atoms with E-state index < -0.39 is 0 Å². The molecule has 0 aromatic heterocycles. The van der Waals surface area contributed by atoms with Crippen molar-refractivity contribution in [2.24, 2.45) is 17.3 Å². The lowest BCUT2D eigenvalue weighted by Crippen LogP contribution is -2.51. The van der Waals surface area contributed by atoms with E-state index in [0.29, 0.717) is 0 Å². The lowest BCUT2D eigenvalue weighted by atomic mass is 9.77. The van der Waals surface area contributed by atoms with Gasteiger partial charge in [-0.2, -0.15) is 0 Å². The molecule has 0 aromatic rings. The first-order valence-corrected chi connectivity index (χ1v) is 6.16. The van der Waals surface area contributed by atoms with Crippen molar-refractivity contribution in [2.75, 3.05) is 26.3 Å². The summed E-state index contributed by atoms with van der Waals surface area (Å²) in [5, 5.41) is 3.44. The minimum atomic E-state index is 0.739. The van der Waals surface area contributed by atoms with Crippen molar-refractivity contribution in [3.8, 4) is 0 Å². The third-order valence-electron chi connectivity index (χ3n) is 4.67. The van der Waals surface area contributed by atoms with Crippen molar-refractivity contribution in [1.82, 2.24) is 5.32 Å². The molecule has 0 amide bonds. The zero-order valence-corrected chi connectivity index (χ0v) is 8.93. The summed E-state index contributed by atoms with van der Waals surface area (Å²) < 4.78 is 5.44. The van der Waals surface area contributed by atoms with Crippen molar-refractivity contribution in [2.45, 2.75) is 32.1 Å². The van der Waals surface area contributed by atoms with Crippen LogP contribution in [0.3, 0.4) is 0 Å². The predicted molar refractivity (Wildman–Crippen MR) is 56.2 cm³/mol. The van der Waals surface area contributed by atoms with Gasteiger partial charge in [0.25, 0.3) is 0 Å². The molecule has 1 N–H and O–H groups in total. The molecule has 14 heavy (non-hydrogen) atoms. The molecule has 1 unspecified atom stereocenters. The van der Waals surface area contributed by atoms with Crippen LogP contribution in [0, 0.1) is 17.3 Å². The van der Waals surface area contributed by atoms with Crippen LogP contribution in [0.25, 0.3) is 0 Å². The van der Waals surface area contributed by atoms with Gasteiger partial charge in [-0.25, -0.2) is 0 Å². The van der Waals surface area contributed by atoms with Gasteiger partial charge in [0, 0.05) is 26.3 Å². The molecule has 3 aliphatic rings. The summed E-state index contributed by atoms with van der Waals surface area (Å²) in [4.78, 5) is 0. The van der Waals surface area contributed by atoms with Crippen molar-refractivity contribution >= 4 is 0 Å². The van der Waals surface area contributed by atoms with Crippen LogP contribution >= 0.6 is 0 Å². The Morgan fingerprint density at radius 2 is 1.79 bits per heavy atom. The van der Waals surface area contributed by atoms with E-state index >= 15 is 0 Å². The maximum atomic E-state index is 5.44. The summed E-state index contributed by atoms with van der Waals surface area (Å²) in [6, 6.07) is 0. The van der Waals surface area contributed by atoms with Gasteiger partial charge in [0.2, 0.25) is 0 Å². The fraction of sp³-hybridized carbons (Fsp3) is 1.00. The Morgan fingerprint density at radius 3 is 2.36 bits per heavy atom. The van der Waals surface area contributed by atoms with Crippen LogP contribution in [0.5, 0.6) is 0 Å². The van der Waals surface area contributed by atoms with Crippen molar-refractivity contribution < 1.29 is 4.74 Å². The molecule has 2 saturated heterocycles. The molecule has 1 aliphatic carbocycles. The molecular formula is C12H21NO. The molecule has 1 atom stereocenters. The van der Waals surface area contributed by atoms with Crippen LogP contribution in [0.1, 0.15) is 32.1 Å². The largest absolute Gasteiger partial charge is 0.381 e. The summed E-state index contributed by atoms with van der Waals surface area (Å²) in [5.74, 6) is 2.02. The SMILES string of the molecule is C1CC(C2CCC3(CNC3)C2)CCO1. The Morgan fingerprint density at radius 1 is 1.00 bits per heavy atom. The Bertz CT molecular complexity index is 206. The first-order valence-electron chi connectivity index (χ1n) is 6.16. The fourth-order valence-electron chi connectivity index (χ4n) is 3.64. The second kappa shape index (κ2) is 3.49. The lowest BCUT2D eigenvalue weighted by Gasteiger charge is -2.40. The molecule has 80 valence electrons. The number of rotatable bonds is 1. The van der Waals surface area contributed by atoms with Gasteiger partial charge in [0.05, 0.1) is 0 Å². The first kappa shape index (κ1) is 9.17. The minimum Gasteiger partial charge on any atom is -0.381 e. The topological polar surface area (TPSA) is 21.3 Å². The van der Waals surface area contributed by atoms with E-state index in [-0.39, 0.29) is 0 Å². The highest BCUT2D eigenvalue weighted by molar-refractivity contribution is 4.99. The summed E-state index contributed by atoms with van der Waals surface area (Å²) in [5.41, 5.74) is 0.739. The first-order chi connectivity index (χ1) is 6.88. The normalized spacial score (nSPS) is 37.3. The van der Waals surface area contributed by atoms with E-state index in [4.69, 9.17) is 4.74 Å². The Kier molecular flexibility index (Phi) is 2.29. The third kappa shape index (κ3) is 1.49. The molecule has 3 rings (SSSR count). The summed E-state index contributed by atoms with van der Waals surface area (Å²) >= 11 is 0. The summed E-state index contributed by atoms with van der Waals surface area (Å²) in [7, 11) is 0. The standard InChI is InChI=1S/C12H21NO/c1-4-12(8-13-9-12)7-11(1)10-2-5-14-6-3-10/h10-11,13H,1-9H2. The second-order valence-electron chi connectivity index (χ2n) is 5.56. The van der Waals surface area contributed by atoms with E-state index in [1.54, 1.807) is 0 Å². The van der Waals surface area contributed by atoms with Gasteiger partial charge in [0.1, 0.15) is 0 Å². The van der Waals surface area contributed by atoms with Gasteiger partial charge in [-0.1, -0.05) is 0 Å². The Balaban J connectivity index is 1.58. The number of ether oxygens (including phenoxy) is 1. The van der Waals surface area contributed by atoms with Gasteiger partial charge in [-0.05, 0) is 49.4 Å². The smallest absolute Gasteiger partial charge is 0.0468 e. The van der Waals surface area contributed by atoms with Crippen molar-refractivity contribution in [1.29, 1.82) is 0 Å². The van der Waals surface area contributed by atoms with Gasteiger partial charge >= 0.3 is 0 Å². The van der Waals surface area contributed by atoms with Crippen LogP contribution in [-0.2, 0) is 4.74 Å². The Labute approximate surface area is 86.4 Å². The van der Waals surface area contributed by atoms with Crippen LogP contribution in [0.15, 0.2) is 0 Å². The summed E-state index contributed by atoms with van der Waals surface area (Å²) in [6.45, 7) is 4.64. The van der Waals surface area contributed by atoms with E-state index in [9.17, 15) is 0 Å². The molecule has 0 radical (unpaired) electrons. The molecule has 0 bridgehead atoms. The van der Waals surface area contributed by atoms with E-state index in [0.717, 1.165) is 30.5 Å². The molecule has 2 heterocycles. The zero-order valence-electron chi connectivity index (χ0n) is 8.93. The van der Waals surface area contributed by atoms with Gasteiger partial charge < -0.3 is 10.1 Å². The minimum absolute atomic E-state index is 0.739. The highest BCUT2D eigenvalue weighted by Gasteiger charge is 2.45. The van der Waals surface area contributed by atoms with Gasteiger partial charge in [-0.15, -0.1) is 0 Å². The van der Waals surface area contributed by atoms with E-state index in [1.807, 2.05) is 0 Å². The molecule has 1 spiro atoms. The number of hydrogen-bond acceptors (Lipinski definition) is 2. The molecule has 0 aromatic carbocycles. The lowest BCUT2D eigenvalue weighted by molar-refractivity contribution is 0.0430. The zero-order chi connectivity index (χ0) is 9.43.